The first kappa shape index (κ1) is 17.5. The maximum atomic E-state index is 12.2. The van der Waals surface area contributed by atoms with Crippen LogP contribution < -0.4 is 9.46 Å². The highest BCUT2D eigenvalue weighted by molar-refractivity contribution is 9.09. The predicted molar refractivity (Wildman–Crippen MR) is 85.0 cm³/mol. The van der Waals surface area contributed by atoms with Crippen LogP contribution in [-0.2, 0) is 10.0 Å². The van der Waals surface area contributed by atoms with Crippen molar-refractivity contribution in [2.75, 3.05) is 19.0 Å². The third-order valence-electron chi connectivity index (χ3n) is 3.10. The summed E-state index contributed by atoms with van der Waals surface area (Å²) < 4.78 is 32.1. The third-order valence-corrected chi connectivity index (χ3v) is 5.08. The number of hydrogen-bond acceptors (Lipinski definition) is 3. The topological polar surface area (TPSA) is 55.4 Å². The Hall–Kier alpha value is -0.590. The molecular weight excluding hydrogens is 342 g/mol. The summed E-state index contributed by atoms with van der Waals surface area (Å²) in [6.45, 7) is 4.55. The van der Waals surface area contributed by atoms with Gasteiger partial charge in [-0.1, -0.05) is 29.8 Å². The summed E-state index contributed by atoms with van der Waals surface area (Å²) in [6.07, 6.45) is 1.99. The molecule has 6 heteroatoms. The lowest BCUT2D eigenvalue weighted by atomic mass is 9.88. The van der Waals surface area contributed by atoms with E-state index in [0.29, 0.717) is 12.3 Å². The van der Waals surface area contributed by atoms with Crippen molar-refractivity contribution in [3.8, 4) is 5.75 Å². The molecule has 0 spiro atoms. The number of benzene rings is 1. The fraction of sp³-hybridized carbons (Fsp3) is 0.571. The number of rotatable bonds is 8. The molecule has 0 heterocycles. The fourth-order valence-electron chi connectivity index (χ4n) is 1.76. The van der Waals surface area contributed by atoms with E-state index in [1.807, 2.05) is 0 Å². The first-order valence-electron chi connectivity index (χ1n) is 6.50. The number of ether oxygens (including phenoxy) is 1. The molecule has 0 unspecified atom stereocenters. The predicted octanol–water partition coefficient (Wildman–Crippen LogP) is 3.17. The zero-order valence-corrected chi connectivity index (χ0v) is 14.6. The molecule has 0 fully saturated rings. The smallest absolute Gasteiger partial charge is 0.240 e. The monoisotopic (exact) mass is 363 g/mol. The summed E-state index contributed by atoms with van der Waals surface area (Å²) in [5.74, 6) is 0.640. The van der Waals surface area contributed by atoms with Gasteiger partial charge in [0.2, 0.25) is 10.0 Å². The van der Waals surface area contributed by atoms with E-state index in [0.717, 1.165) is 18.2 Å². The molecule has 0 aliphatic carbocycles. The Morgan fingerprint density at radius 1 is 1.25 bits per heavy atom. The maximum absolute atomic E-state index is 12.2. The fourth-order valence-corrected chi connectivity index (χ4v) is 3.28. The molecule has 0 atom stereocenters. The van der Waals surface area contributed by atoms with Crippen LogP contribution in [0.3, 0.4) is 0 Å². The van der Waals surface area contributed by atoms with Gasteiger partial charge in [-0.3, -0.25) is 0 Å². The highest BCUT2D eigenvalue weighted by Gasteiger charge is 2.21. The molecular formula is C14H22BrNO3S. The lowest BCUT2D eigenvalue weighted by Gasteiger charge is -2.24. The Balaban J connectivity index is 2.69. The zero-order valence-electron chi connectivity index (χ0n) is 12.1. The Labute approximate surface area is 130 Å². The zero-order chi connectivity index (χ0) is 15.2. The molecule has 0 saturated carbocycles. The van der Waals surface area contributed by atoms with E-state index in [9.17, 15) is 8.42 Å². The van der Waals surface area contributed by atoms with Crippen LogP contribution in [0.5, 0.6) is 5.75 Å². The van der Waals surface area contributed by atoms with E-state index in [-0.39, 0.29) is 10.3 Å². The minimum Gasteiger partial charge on any atom is -0.497 e. The Morgan fingerprint density at radius 3 is 2.35 bits per heavy atom. The third kappa shape index (κ3) is 5.42. The standard InChI is InChI=1S/C14H22BrNO3S/c1-14(2,9-4-10-15)11-16-20(17,18)13-7-5-12(19-3)6-8-13/h5-8,16H,4,9-11H2,1-3H3. The summed E-state index contributed by atoms with van der Waals surface area (Å²) in [6, 6.07) is 6.38. The van der Waals surface area contributed by atoms with Crippen LogP contribution in [0, 0.1) is 5.41 Å². The van der Waals surface area contributed by atoms with Crippen molar-refractivity contribution in [1.29, 1.82) is 0 Å². The molecule has 1 aromatic carbocycles. The molecule has 20 heavy (non-hydrogen) atoms. The van der Waals surface area contributed by atoms with Gasteiger partial charge in [-0.05, 0) is 42.5 Å². The van der Waals surface area contributed by atoms with E-state index in [4.69, 9.17) is 4.74 Å². The number of halogens is 1. The Kier molecular flexibility index (Phi) is 6.48. The highest BCUT2D eigenvalue weighted by atomic mass is 79.9. The maximum Gasteiger partial charge on any atom is 0.240 e. The molecule has 0 aliphatic heterocycles. The van der Waals surface area contributed by atoms with Gasteiger partial charge in [-0.25, -0.2) is 13.1 Å². The van der Waals surface area contributed by atoms with Crippen molar-refractivity contribution in [2.45, 2.75) is 31.6 Å². The van der Waals surface area contributed by atoms with Crippen LogP contribution in [0.1, 0.15) is 26.7 Å². The van der Waals surface area contributed by atoms with E-state index < -0.39 is 10.0 Å². The van der Waals surface area contributed by atoms with Gasteiger partial charge < -0.3 is 4.74 Å². The van der Waals surface area contributed by atoms with Gasteiger partial charge >= 0.3 is 0 Å². The van der Waals surface area contributed by atoms with Crippen LogP contribution in [0.2, 0.25) is 0 Å². The minimum atomic E-state index is -3.46. The highest BCUT2D eigenvalue weighted by Crippen LogP contribution is 2.23. The van der Waals surface area contributed by atoms with Crippen LogP contribution in [-0.4, -0.2) is 27.4 Å². The molecule has 114 valence electrons. The average Bonchev–Trinajstić information content (AvgIpc) is 2.43. The second-order valence-electron chi connectivity index (χ2n) is 5.46. The molecule has 1 rings (SSSR count). The first-order chi connectivity index (χ1) is 9.30. The van der Waals surface area contributed by atoms with Crippen LogP contribution in [0.25, 0.3) is 0 Å². The molecule has 0 amide bonds. The second-order valence-corrected chi connectivity index (χ2v) is 8.02. The molecule has 4 nitrogen and oxygen atoms in total. The average molecular weight is 364 g/mol. The molecule has 0 saturated heterocycles. The van der Waals surface area contributed by atoms with Gasteiger partial charge in [0, 0.05) is 11.9 Å². The Bertz CT molecular complexity index is 512. The van der Waals surface area contributed by atoms with Crippen LogP contribution in [0.4, 0.5) is 0 Å². The summed E-state index contributed by atoms with van der Waals surface area (Å²) in [5, 5.41) is 0.932. The van der Waals surface area contributed by atoms with Crippen molar-refractivity contribution in [1.82, 2.24) is 4.72 Å². The normalized spacial score (nSPS) is 12.4. The van der Waals surface area contributed by atoms with Crippen molar-refractivity contribution in [2.24, 2.45) is 5.41 Å². The van der Waals surface area contributed by atoms with Gasteiger partial charge in [-0.2, -0.15) is 0 Å². The lowest BCUT2D eigenvalue weighted by Crippen LogP contribution is -2.34. The van der Waals surface area contributed by atoms with E-state index in [1.165, 1.54) is 0 Å². The largest absolute Gasteiger partial charge is 0.497 e. The SMILES string of the molecule is COc1ccc(S(=O)(=O)NCC(C)(C)CCCBr)cc1. The first-order valence-corrected chi connectivity index (χ1v) is 9.11. The second kappa shape index (κ2) is 7.43. The Morgan fingerprint density at radius 2 is 1.85 bits per heavy atom. The summed E-state index contributed by atoms with van der Waals surface area (Å²) in [7, 11) is -1.91. The summed E-state index contributed by atoms with van der Waals surface area (Å²) in [5.41, 5.74) is -0.0622. The van der Waals surface area contributed by atoms with Gasteiger partial charge in [0.05, 0.1) is 12.0 Å². The molecule has 0 aromatic heterocycles. The van der Waals surface area contributed by atoms with Crippen LogP contribution in [0.15, 0.2) is 29.2 Å². The van der Waals surface area contributed by atoms with Gasteiger partial charge in [0.25, 0.3) is 0 Å². The van der Waals surface area contributed by atoms with Crippen LogP contribution >= 0.6 is 15.9 Å². The molecule has 1 aromatic rings. The molecule has 0 bridgehead atoms. The molecule has 0 radical (unpaired) electrons. The number of methoxy groups -OCH3 is 1. The van der Waals surface area contributed by atoms with E-state index in [2.05, 4.69) is 34.5 Å². The summed E-state index contributed by atoms with van der Waals surface area (Å²) >= 11 is 3.39. The lowest BCUT2D eigenvalue weighted by molar-refractivity contribution is 0.332. The van der Waals surface area contributed by atoms with E-state index >= 15 is 0 Å². The van der Waals surface area contributed by atoms with Crippen molar-refractivity contribution >= 4 is 26.0 Å². The number of hydrogen-bond donors (Lipinski definition) is 1. The van der Waals surface area contributed by atoms with Crippen molar-refractivity contribution in [3.05, 3.63) is 24.3 Å². The van der Waals surface area contributed by atoms with Gasteiger partial charge in [-0.15, -0.1) is 0 Å². The summed E-state index contributed by atoms with van der Waals surface area (Å²) in [4.78, 5) is 0.259. The number of nitrogens with one attached hydrogen (secondary N) is 1. The minimum absolute atomic E-state index is 0.0622. The number of sulfonamides is 1. The van der Waals surface area contributed by atoms with Gasteiger partial charge in [0.1, 0.15) is 5.75 Å². The van der Waals surface area contributed by atoms with Gasteiger partial charge in [0.15, 0.2) is 0 Å². The number of alkyl halides is 1. The van der Waals surface area contributed by atoms with E-state index in [1.54, 1.807) is 31.4 Å². The molecule has 1 N–H and O–H groups in total. The van der Waals surface area contributed by atoms with Crippen molar-refractivity contribution in [3.63, 3.8) is 0 Å². The molecule has 0 aliphatic rings. The quantitative estimate of drug-likeness (QED) is 0.721. The van der Waals surface area contributed by atoms with Crippen molar-refractivity contribution < 1.29 is 13.2 Å².